The van der Waals surface area contributed by atoms with E-state index < -0.39 is 0 Å². The van der Waals surface area contributed by atoms with E-state index in [1.54, 1.807) is 0 Å². The number of piperidine rings is 2. The average molecular weight is 308 g/mol. The Balaban J connectivity index is 1.50. The van der Waals surface area contributed by atoms with Gasteiger partial charge in [-0.05, 0) is 45.1 Å². The van der Waals surface area contributed by atoms with Crippen molar-refractivity contribution in [1.82, 2.24) is 20.4 Å². The van der Waals surface area contributed by atoms with Crippen molar-refractivity contribution >= 4 is 11.9 Å². The van der Waals surface area contributed by atoms with E-state index in [4.69, 9.17) is 0 Å². The molecule has 2 N–H and O–H groups in total. The van der Waals surface area contributed by atoms with Crippen molar-refractivity contribution in [2.45, 2.75) is 44.6 Å². The first-order valence-electron chi connectivity index (χ1n) is 8.79. The van der Waals surface area contributed by atoms with Gasteiger partial charge in [0.2, 0.25) is 5.91 Å². The molecule has 6 heteroatoms. The van der Waals surface area contributed by atoms with Crippen molar-refractivity contribution in [2.24, 2.45) is 5.92 Å². The van der Waals surface area contributed by atoms with E-state index in [1.807, 2.05) is 9.80 Å². The Labute approximate surface area is 132 Å². The monoisotopic (exact) mass is 308 g/mol. The van der Waals surface area contributed by atoms with Gasteiger partial charge in [-0.25, -0.2) is 4.79 Å². The molecule has 0 saturated carbocycles. The highest BCUT2D eigenvalue weighted by Gasteiger charge is 2.32. The molecule has 0 bridgehead atoms. The van der Waals surface area contributed by atoms with Crippen LogP contribution in [0.1, 0.15) is 38.5 Å². The Morgan fingerprint density at radius 2 is 1.73 bits per heavy atom. The molecule has 3 heterocycles. The van der Waals surface area contributed by atoms with Crippen LogP contribution in [-0.2, 0) is 4.79 Å². The molecule has 2 atom stereocenters. The zero-order valence-corrected chi connectivity index (χ0v) is 13.4. The van der Waals surface area contributed by atoms with Gasteiger partial charge in [-0.2, -0.15) is 0 Å². The summed E-state index contributed by atoms with van der Waals surface area (Å²) < 4.78 is 0. The first-order valence-corrected chi connectivity index (χ1v) is 8.79. The van der Waals surface area contributed by atoms with Gasteiger partial charge in [-0.15, -0.1) is 0 Å². The van der Waals surface area contributed by atoms with Gasteiger partial charge in [0.05, 0.1) is 5.92 Å². The molecule has 3 amide bonds. The van der Waals surface area contributed by atoms with Crippen LogP contribution in [0.4, 0.5) is 4.79 Å². The molecule has 0 aromatic rings. The molecule has 3 aliphatic rings. The summed E-state index contributed by atoms with van der Waals surface area (Å²) in [6.07, 6.45) is 6.23. The standard InChI is InChI=1S/C16H28N4O2/c21-15(18-14-6-3-7-17-11-14)13-5-4-10-20(12-13)16(22)19-8-1-2-9-19/h13-14,17H,1-12H2,(H,18,21). The molecule has 0 radical (unpaired) electrons. The lowest BCUT2D eigenvalue weighted by Crippen LogP contribution is -2.52. The van der Waals surface area contributed by atoms with Crippen LogP contribution < -0.4 is 10.6 Å². The zero-order valence-electron chi connectivity index (χ0n) is 13.4. The third-order valence-electron chi connectivity index (χ3n) is 5.08. The van der Waals surface area contributed by atoms with Crippen molar-refractivity contribution in [3.63, 3.8) is 0 Å². The lowest BCUT2D eigenvalue weighted by molar-refractivity contribution is -0.127. The number of nitrogens with one attached hydrogen (secondary N) is 2. The third-order valence-corrected chi connectivity index (χ3v) is 5.08. The summed E-state index contributed by atoms with van der Waals surface area (Å²) in [6.45, 7) is 5.05. The highest BCUT2D eigenvalue weighted by molar-refractivity contribution is 5.81. The summed E-state index contributed by atoms with van der Waals surface area (Å²) >= 11 is 0. The number of amides is 3. The fourth-order valence-corrected chi connectivity index (χ4v) is 3.77. The van der Waals surface area contributed by atoms with E-state index in [-0.39, 0.29) is 23.9 Å². The summed E-state index contributed by atoms with van der Waals surface area (Å²) in [5, 5.41) is 6.49. The quantitative estimate of drug-likeness (QED) is 0.792. The summed E-state index contributed by atoms with van der Waals surface area (Å²) in [7, 11) is 0. The van der Waals surface area contributed by atoms with Gasteiger partial charge in [0.25, 0.3) is 0 Å². The smallest absolute Gasteiger partial charge is 0.320 e. The van der Waals surface area contributed by atoms with Crippen LogP contribution in [0.3, 0.4) is 0 Å². The third kappa shape index (κ3) is 3.72. The highest BCUT2D eigenvalue weighted by atomic mass is 16.2. The van der Waals surface area contributed by atoms with Gasteiger partial charge in [0.15, 0.2) is 0 Å². The van der Waals surface area contributed by atoms with E-state index in [9.17, 15) is 9.59 Å². The average Bonchev–Trinajstić information content (AvgIpc) is 3.09. The largest absolute Gasteiger partial charge is 0.352 e. The number of urea groups is 1. The molecule has 3 rings (SSSR count). The molecule has 22 heavy (non-hydrogen) atoms. The number of likely N-dealkylation sites (tertiary alicyclic amines) is 2. The van der Waals surface area contributed by atoms with E-state index in [0.29, 0.717) is 6.54 Å². The van der Waals surface area contributed by atoms with Crippen molar-refractivity contribution in [1.29, 1.82) is 0 Å². The molecule has 0 aliphatic carbocycles. The zero-order chi connectivity index (χ0) is 15.4. The fraction of sp³-hybridized carbons (Fsp3) is 0.875. The van der Waals surface area contributed by atoms with Crippen molar-refractivity contribution in [3.8, 4) is 0 Å². The van der Waals surface area contributed by atoms with Gasteiger partial charge >= 0.3 is 6.03 Å². The fourth-order valence-electron chi connectivity index (χ4n) is 3.77. The number of rotatable bonds is 2. The molecular formula is C16H28N4O2. The molecule has 0 aromatic carbocycles. The summed E-state index contributed by atoms with van der Waals surface area (Å²) in [6, 6.07) is 0.389. The van der Waals surface area contributed by atoms with Gasteiger partial charge in [-0.3, -0.25) is 4.79 Å². The Morgan fingerprint density at radius 3 is 2.45 bits per heavy atom. The van der Waals surface area contributed by atoms with Crippen LogP contribution in [0.5, 0.6) is 0 Å². The minimum atomic E-state index is -0.0396. The maximum atomic E-state index is 12.5. The maximum Gasteiger partial charge on any atom is 0.320 e. The molecule has 3 fully saturated rings. The molecule has 3 saturated heterocycles. The molecule has 3 aliphatic heterocycles. The molecule has 0 aromatic heterocycles. The second-order valence-corrected chi connectivity index (χ2v) is 6.81. The lowest BCUT2D eigenvalue weighted by atomic mass is 9.96. The van der Waals surface area contributed by atoms with Crippen LogP contribution in [0.15, 0.2) is 0 Å². The molecule has 124 valence electrons. The second-order valence-electron chi connectivity index (χ2n) is 6.81. The number of nitrogens with zero attached hydrogens (tertiary/aromatic N) is 2. The van der Waals surface area contributed by atoms with Crippen LogP contribution in [0.2, 0.25) is 0 Å². The van der Waals surface area contributed by atoms with E-state index in [2.05, 4.69) is 10.6 Å². The summed E-state index contributed by atoms with van der Waals surface area (Å²) in [5.41, 5.74) is 0. The highest BCUT2D eigenvalue weighted by Crippen LogP contribution is 2.20. The lowest BCUT2D eigenvalue weighted by Gasteiger charge is -2.35. The van der Waals surface area contributed by atoms with Gasteiger partial charge in [-0.1, -0.05) is 0 Å². The Hall–Kier alpha value is -1.30. The van der Waals surface area contributed by atoms with Crippen molar-refractivity contribution in [2.75, 3.05) is 39.3 Å². The number of hydrogen-bond donors (Lipinski definition) is 2. The normalized spacial score (nSPS) is 29.5. The minimum Gasteiger partial charge on any atom is -0.352 e. The minimum absolute atomic E-state index is 0.0396. The summed E-state index contributed by atoms with van der Waals surface area (Å²) in [5.74, 6) is 0.0925. The van der Waals surface area contributed by atoms with Crippen molar-refractivity contribution < 1.29 is 9.59 Å². The van der Waals surface area contributed by atoms with Crippen LogP contribution in [-0.4, -0.2) is 67.0 Å². The van der Waals surface area contributed by atoms with Gasteiger partial charge in [0, 0.05) is 38.8 Å². The topological polar surface area (TPSA) is 64.7 Å². The molecule has 2 unspecified atom stereocenters. The van der Waals surface area contributed by atoms with Crippen LogP contribution in [0, 0.1) is 5.92 Å². The number of carbonyl (C=O) groups excluding carboxylic acids is 2. The molecule has 6 nitrogen and oxygen atoms in total. The predicted octanol–water partition coefficient (Wildman–Crippen LogP) is 0.782. The second kappa shape index (κ2) is 7.31. The van der Waals surface area contributed by atoms with E-state index >= 15 is 0 Å². The summed E-state index contributed by atoms with van der Waals surface area (Å²) in [4.78, 5) is 28.8. The van der Waals surface area contributed by atoms with Crippen LogP contribution >= 0.6 is 0 Å². The first-order chi connectivity index (χ1) is 10.7. The van der Waals surface area contributed by atoms with Crippen molar-refractivity contribution in [3.05, 3.63) is 0 Å². The Morgan fingerprint density at radius 1 is 0.955 bits per heavy atom. The first kappa shape index (κ1) is 15.6. The van der Waals surface area contributed by atoms with Gasteiger partial charge < -0.3 is 20.4 Å². The van der Waals surface area contributed by atoms with Crippen LogP contribution in [0.25, 0.3) is 0 Å². The van der Waals surface area contributed by atoms with Gasteiger partial charge in [0.1, 0.15) is 0 Å². The molecular weight excluding hydrogens is 280 g/mol. The Kier molecular flexibility index (Phi) is 5.18. The van der Waals surface area contributed by atoms with E-state index in [1.165, 1.54) is 0 Å². The van der Waals surface area contributed by atoms with E-state index in [0.717, 1.165) is 71.2 Å². The molecule has 0 spiro atoms. The number of hydrogen-bond acceptors (Lipinski definition) is 3. The predicted molar refractivity (Wildman–Crippen MR) is 84.5 cm³/mol. The maximum absolute atomic E-state index is 12.5. The SMILES string of the molecule is O=C(NC1CCCNC1)C1CCCN(C(=O)N2CCCC2)C1. The number of carbonyl (C=O) groups is 2. The Bertz CT molecular complexity index is 403.